The van der Waals surface area contributed by atoms with Gasteiger partial charge in [0.2, 0.25) is 0 Å². The lowest BCUT2D eigenvalue weighted by molar-refractivity contribution is 0.590. The lowest BCUT2D eigenvalue weighted by Gasteiger charge is -2.45. The number of fused-ring (bicyclic) bond motifs is 13. The Bertz CT molecular complexity index is 8920. The number of benzene rings is 18. The highest BCUT2D eigenvalue weighted by atomic mass is 15.2. The Morgan fingerprint density at radius 2 is 0.669 bits per heavy atom. The van der Waals surface area contributed by atoms with Crippen LogP contribution in [0.1, 0.15) is 172 Å². The molecule has 0 aliphatic carbocycles. The fraction of sp³-hybridized carbons (Fsp3) is 0.182. The van der Waals surface area contributed by atoms with Crippen molar-refractivity contribution in [2.75, 3.05) is 14.7 Å². The molecule has 680 valence electrons. The third-order valence-electron chi connectivity index (χ3n) is 28.9. The van der Waals surface area contributed by atoms with Crippen LogP contribution in [0.5, 0.6) is 0 Å². The summed E-state index contributed by atoms with van der Waals surface area (Å²) in [4.78, 5) is 6.63. The molecule has 7 heteroatoms. The molecule has 0 saturated carbocycles. The van der Waals surface area contributed by atoms with Gasteiger partial charge in [-0.1, -0.05) is 352 Å². The zero-order valence-electron chi connectivity index (χ0n) is 94.7. The Labute approximate surface area is 838 Å². The Morgan fingerprint density at radius 1 is 0.259 bits per heavy atom. The van der Waals surface area contributed by atoms with E-state index in [1.54, 1.807) is 4.90 Å². The smallest absolute Gasteiger partial charge is 0.252 e. The van der Waals surface area contributed by atoms with Crippen LogP contribution in [-0.2, 0) is 53.3 Å². The summed E-state index contributed by atoms with van der Waals surface area (Å²) >= 11 is 0. The van der Waals surface area contributed by atoms with Crippen LogP contribution in [0.4, 0.5) is 39.8 Å². The average molecular weight is 1810 g/mol. The number of nitrogens with zero attached hydrogens (tertiary/aromatic N) is 6. The first kappa shape index (κ1) is 74.1. The van der Waals surface area contributed by atoms with Gasteiger partial charge in [-0.2, -0.15) is 0 Å². The number of hydrogen-bond donors (Lipinski definition) is 0. The number of aromatic nitrogens is 3. The normalized spacial score (nSPS) is 14.2. The van der Waals surface area contributed by atoms with Gasteiger partial charge in [-0.3, -0.25) is 0 Å². The molecule has 23 rings (SSSR count). The molecule has 6 nitrogen and oxygen atoms in total. The van der Waals surface area contributed by atoms with E-state index in [9.17, 15) is 15.1 Å². The largest absolute Gasteiger partial charge is 0.338 e. The van der Waals surface area contributed by atoms with Crippen molar-refractivity contribution in [2.45, 2.75) is 157 Å². The van der Waals surface area contributed by atoms with Crippen LogP contribution in [0.25, 0.3) is 127 Å². The molecule has 0 amide bonds. The van der Waals surface area contributed by atoms with Crippen molar-refractivity contribution in [2.24, 2.45) is 0 Å². The zero-order valence-corrected chi connectivity index (χ0v) is 81.7. The molecule has 0 atom stereocenters. The molecule has 21 aromatic rings. The van der Waals surface area contributed by atoms with Crippen molar-refractivity contribution in [1.29, 1.82) is 0 Å². The lowest BCUT2D eigenvalue weighted by atomic mass is 9.33. The maximum absolute atomic E-state index is 11.5. The van der Waals surface area contributed by atoms with Gasteiger partial charge in [0.05, 0.1) is 28.9 Å². The monoisotopic (exact) mass is 1810 g/mol. The van der Waals surface area contributed by atoms with Gasteiger partial charge < -0.3 is 28.4 Å². The van der Waals surface area contributed by atoms with Crippen molar-refractivity contribution in [1.82, 2.24) is 13.7 Å². The Hall–Kier alpha value is -15.2. The number of rotatable bonds is 17. The Balaban J connectivity index is 0.855. The average Bonchev–Trinajstić information content (AvgIpc) is 0.973. The molecule has 3 aromatic heterocycles. The maximum atomic E-state index is 11.5. The number of hydrogen-bond acceptors (Lipinski definition) is 3. The minimum Gasteiger partial charge on any atom is -0.338 e. The SMILES string of the molecule is [2H]c1c([2H])c([2H])c(-c2ccc3c(c2)N(Cc2cc(-c4ccccc4)cc(-c4ccccc4)c2)c2cc(Cn4c5ccc(N(c6ccccc6)c6c([2H])c([2H])c([2H])c([2H])c6[2H])cc5c5c([2H])c(-n6c7ccc(C(C)(C)C)cc7c7cc(C(C)(C)C)ccc76)c([2H])c([2H])c54)cc4c2B3c2ccc(Cn3c5ccc(C(C)(C)C)cc5c5cc(C(C)(C)C)ccc53)cc2N4Cc2c(-c3ccccc3)cc(C(C)(C)C)cc2-c2ccccc2)c([2H])c1[2H]. The molecule has 0 saturated heterocycles. The van der Waals surface area contributed by atoms with Crippen molar-refractivity contribution >= 4 is 128 Å². The topological polar surface area (TPSA) is 24.5 Å². The molecule has 5 heterocycles. The first-order chi connectivity index (χ1) is 72.4. The third kappa shape index (κ3) is 16.0. The van der Waals surface area contributed by atoms with Crippen LogP contribution < -0.4 is 31.1 Å². The second kappa shape index (κ2) is 33.9. The van der Waals surface area contributed by atoms with Crippen molar-refractivity contribution in [3.05, 3.63) is 450 Å². The van der Waals surface area contributed by atoms with E-state index in [0.29, 0.717) is 46.3 Å². The summed E-state index contributed by atoms with van der Waals surface area (Å²) < 4.78 is 135. The van der Waals surface area contributed by atoms with E-state index in [2.05, 4.69) is 372 Å². The second-order valence-corrected chi connectivity index (χ2v) is 43.2. The van der Waals surface area contributed by atoms with Crippen LogP contribution in [-0.4, -0.2) is 20.4 Å². The molecule has 0 bridgehead atoms. The quantitative estimate of drug-likeness (QED) is 0.0850. The molecular formula is C132H119BN6. The molecule has 139 heavy (non-hydrogen) atoms. The van der Waals surface area contributed by atoms with Crippen molar-refractivity contribution in [3.63, 3.8) is 0 Å². The van der Waals surface area contributed by atoms with Crippen molar-refractivity contribution in [3.8, 4) is 61.3 Å². The van der Waals surface area contributed by atoms with E-state index in [4.69, 9.17) is 2.74 Å². The summed E-state index contributed by atoms with van der Waals surface area (Å²) in [7, 11) is 0. The fourth-order valence-electron chi connectivity index (χ4n) is 21.5. The lowest BCUT2D eigenvalue weighted by Crippen LogP contribution is -2.62. The Morgan fingerprint density at radius 3 is 1.17 bits per heavy atom. The summed E-state index contributed by atoms with van der Waals surface area (Å²) in [6.07, 6.45) is 0. The van der Waals surface area contributed by atoms with E-state index in [1.165, 1.54) is 21.9 Å². The first-order valence-electron chi connectivity index (χ1n) is 55.2. The third-order valence-corrected chi connectivity index (χ3v) is 28.9. The van der Waals surface area contributed by atoms with Gasteiger partial charge in [0, 0.05) is 126 Å². The van der Waals surface area contributed by atoms with Gasteiger partial charge in [-0.25, -0.2) is 0 Å². The molecule has 0 fully saturated rings. The highest BCUT2D eigenvalue weighted by molar-refractivity contribution is 7.00. The number of para-hydroxylation sites is 2. The van der Waals surface area contributed by atoms with E-state index in [0.717, 1.165) is 155 Å². The number of anilines is 7. The minimum atomic E-state index is -0.575. The predicted molar refractivity (Wildman–Crippen MR) is 595 cm³/mol. The van der Waals surface area contributed by atoms with Gasteiger partial charge in [0.25, 0.3) is 6.71 Å². The van der Waals surface area contributed by atoms with Gasteiger partial charge in [0.15, 0.2) is 0 Å². The molecular weight excluding hydrogens is 1680 g/mol. The highest BCUT2D eigenvalue weighted by Gasteiger charge is 2.44. The van der Waals surface area contributed by atoms with Crippen LogP contribution >= 0.6 is 0 Å². The molecule has 0 unspecified atom stereocenters. The predicted octanol–water partition coefficient (Wildman–Crippen LogP) is 33.2. The molecule has 18 aromatic carbocycles. The maximum Gasteiger partial charge on any atom is 0.252 e. The summed E-state index contributed by atoms with van der Waals surface area (Å²) in [5, 5.41) is 5.06. The van der Waals surface area contributed by atoms with Crippen LogP contribution in [0.15, 0.2) is 400 Å². The molecule has 2 aliphatic rings. The zero-order chi connectivity index (χ0) is 107. The summed E-state index contributed by atoms with van der Waals surface area (Å²) in [6, 6.07) is 109. The van der Waals surface area contributed by atoms with Gasteiger partial charge in [-0.15, -0.1) is 0 Å². The second-order valence-electron chi connectivity index (χ2n) is 43.2. The van der Waals surface area contributed by atoms with E-state index in [1.807, 2.05) is 77.4 Å². The summed E-state index contributed by atoms with van der Waals surface area (Å²) in [5.74, 6) is 0. The van der Waals surface area contributed by atoms with Crippen molar-refractivity contribution < 1.29 is 17.8 Å². The Kier molecular flexibility index (Phi) is 18.1. The molecule has 0 N–H and O–H groups in total. The first-order valence-corrected chi connectivity index (χ1v) is 48.7. The van der Waals surface area contributed by atoms with Gasteiger partial charge in [-0.05, 0) is 301 Å². The van der Waals surface area contributed by atoms with Crippen LogP contribution in [0, 0.1) is 0 Å². The van der Waals surface area contributed by atoms with Gasteiger partial charge >= 0.3 is 0 Å². The van der Waals surface area contributed by atoms with E-state index in [-0.39, 0.29) is 92.8 Å². The van der Waals surface area contributed by atoms with E-state index < -0.39 is 55.1 Å². The van der Waals surface area contributed by atoms with E-state index >= 15 is 0 Å². The molecule has 0 spiro atoms. The summed E-state index contributed by atoms with van der Waals surface area (Å²) in [5.41, 5.74) is 28.9. The fourth-order valence-corrected chi connectivity index (χ4v) is 21.5. The highest BCUT2D eigenvalue weighted by Crippen LogP contribution is 2.50. The molecule has 0 radical (unpaired) electrons. The molecule has 2 aliphatic heterocycles. The standard InChI is InChI=1S/C132H119BN6/c1-128(2,3)97-53-61-117-108(74-97)109-75-98(129(4,5)6)54-62-118(109)134(117)82-86-51-59-115-123(69-86)137(85-114-106(92-43-29-19-30-44-92)78-101(132(13,14)15)79-107(114)93-45-31-20-32-46-93)126-71-88(70-125-127(126)133(115)116-60-52-94(89-37-23-16-24-38-89)73-124(116)136(125)83-87-67-95(90-39-25-17-26-40-90)72-96(68-87)91-41-27-18-28-42-91)84-135-119-65-57-104(138(102-47-33-21-34-48-102)103-49-35-22-36-50-103)80-112(119)113-81-105(58-66-120(113)135)139-121-63-55-99(130(7,8)9)76-110(121)111-77-100(131(10,11)12)56-64-122(111)139/h16-81H,82-85H2,1-15H3/i16D,21D,23D,24D,33D,34D,37D,38D,47D,48D,58D,66D,81D. The van der Waals surface area contributed by atoms with Crippen LogP contribution in [0.3, 0.4) is 0 Å². The van der Waals surface area contributed by atoms with Crippen LogP contribution in [0.2, 0.25) is 0 Å². The summed E-state index contributed by atoms with van der Waals surface area (Å²) in [6.45, 7) is 34.1. The van der Waals surface area contributed by atoms with Gasteiger partial charge in [0.1, 0.15) is 0 Å². The minimum absolute atomic E-state index is 0.00154.